The Kier molecular flexibility index (Phi) is 4.06. The summed E-state index contributed by atoms with van der Waals surface area (Å²) in [5.41, 5.74) is 5.31. The summed E-state index contributed by atoms with van der Waals surface area (Å²) in [6.07, 6.45) is 9.13. The first-order valence-electron chi connectivity index (χ1n) is 7.74. The van der Waals surface area contributed by atoms with Crippen LogP contribution in [-0.4, -0.2) is 0 Å². The molecule has 0 heteroatoms. The predicted octanol–water partition coefficient (Wildman–Crippen LogP) is 5.90. The normalized spacial score (nSPS) is 21.2. The highest BCUT2D eigenvalue weighted by Crippen LogP contribution is 2.32. The van der Waals surface area contributed by atoms with Gasteiger partial charge in [-0.15, -0.1) is 6.58 Å². The third-order valence-electron chi connectivity index (χ3n) is 4.43. The lowest BCUT2D eigenvalue weighted by molar-refractivity contribution is 0.582. The number of rotatable bonds is 3. The molecule has 0 aliphatic heterocycles. The standard InChI is InChI=1S/C21H22/c1-3-17-6-10-19(11-7-17)21-14-12-20(13-15-21)18-8-4-16(2)5-9-18/h3-6,8-10,12-15,17,19H,1,7,11H2,2H3. The molecule has 2 atom stereocenters. The molecule has 0 bridgehead atoms. The molecule has 0 aromatic heterocycles. The summed E-state index contributed by atoms with van der Waals surface area (Å²) in [6.45, 7) is 6.01. The molecule has 0 saturated heterocycles. The van der Waals surface area contributed by atoms with E-state index in [1.807, 2.05) is 6.08 Å². The maximum atomic E-state index is 3.88. The van der Waals surface area contributed by atoms with Gasteiger partial charge in [0.25, 0.3) is 0 Å². The largest absolute Gasteiger partial charge is 0.102 e. The fourth-order valence-corrected chi connectivity index (χ4v) is 2.98. The van der Waals surface area contributed by atoms with Crippen LogP contribution in [0.15, 0.2) is 73.3 Å². The summed E-state index contributed by atoms with van der Waals surface area (Å²) in [5.74, 6) is 1.13. The second-order valence-corrected chi connectivity index (χ2v) is 5.96. The molecule has 3 rings (SSSR count). The van der Waals surface area contributed by atoms with Crippen molar-refractivity contribution in [1.29, 1.82) is 0 Å². The van der Waals surface area contributed by atoms with E-state index in [0.717, 1.165) is 0 Å². The Morgan fingerprint density at radius 3 is 2.00 bits per heavy atom. The van der Waals surface area contributed by atoms with Gasteiger partial charge in [0.2, 0.25) is 0 Å². The predicted molar refractivity (Wildman–Crippen MR) is 91.4 cm³/mol. The highest BCUT2D eigenvalue weighted by atomic mass is 14.2. The van der Waals surface area contributed by atoms with Crippen molar-refractivity contribution < 1.29 is 0 Å². The molecule has 0 heterocycles. The van der Waals surface area contributed by atoms with E-state index in [-0.39, 0.29) is 0 Å². The van der Waals surface area contributed by atoms with Crippen molar-refractivity contribution in [2.24, 2.45) is 5.92 Å². The van der Waals surface area contributed by atoms with Crippen molar-refractivity contribution in [3.63, 3.8) is 0 Å². The molecule has 0 amide bonds. The van der Waals surface area contributed by atoms with E-state index in [1.54, 1.807) is 0 Å². The fraction of sp³-hybridized carbons (Fsp3) is 0.238. The molecular formula is C21H22. The van der Waals surface area contributed by atoms with Crippen LogP contribution in [0.2, 0.25) is 0 Å². The van der Waals surface area contributed by atoms with E-state index in [2.05, 4.69) is 74.2 Å². The Morgan fingerprint density at radius 2 is 1.48 bits per heavy atom. The number of benzene rings is 2. The zero-order chi connectivity index (χ0) is 14.7. The van der Waals surface area contributed by atoms with Gasteiger partial charge in [0, 0.05) is 5.92 Å². The Morgan fingerprint density at radius 1 is 0.857 bits per heavy atom. The average molecular weight is 274 g/mol. The molecule has 0 fully saturated rings. The lowest BCUT2D eigenvalue weighted by Gasteiger charge is -2.21. The molecule has 0 spiro atoms. The molecule has 106 valence electrons. The van der Waals surface area contributed by atoms with Gasteiger partial charge in [-0.05, 0) is 42.4 Å². The Labute approximate surface area is 127 Å². The Balaban J connectivity index is 1.78. The summed E-state index contributed by atoms with van der Waals surface area (Å²) >= 11 is 0. The third kappa shape index (κ3) is 3.16. The molecule has 0 N–H and O–H groups in total. The molecule has 2 aromatic rings. The van der Waals surface area contributed by atoms with Crippen molar-refractivity contribution in [3.05, 3.63) is 84.5 Å². The van der Waals surface area contributed by atoms with E-state index in [1.165, 1.54) is 35.1 Å². The summed E-state index contributed by atoms with van der Waals surface area (Å²) in [7, 11) is 0. The van der Waals surface area contributed by atoms with Gasteiger partial charge in [0.1, 0.15) is 0 Å². The van der Waals surface area contributed by atoms with Gasteiger partial charge >= 0.3 is 0 Å². The van der Waals surface area contributed by atoms with Gasteiger partial charge in [-0.3, -0.25) is 0 Å². The molecule has 2 aromatic carbocycles. The van der Waals surface area contributed by atoms with Crippen LogP contribution in [0.4, 0.5) is 0 Å². The first-order valence-corrected chi connectivity index (χ1v) is 7.74. The monoisotopic (exact) mass is 274 g/mol. The first-order chi connectivity index (χ1) is 10.3. The van der Waals surface area contributed by atoms with Crippen molar-refractivity contribution in [3.8, 4) is 11.1 Å². The van der Waals surface area contributed by atoms with E-state index in [9.17, 15) is 0 Å². The van der Waals surface area contributed by atoms with E-state index in [0.29, 0.717) is 11.8 Å². The minimum atomic E-state index is 0.563. The summed E-state index contributed by atoms with van der Waals surface area (Å²) in [4.78, 5) is 0. The maximum Gasteiger partial charge on any atom is 0.00185 e. The highest BCUT2D eigenvalue weighted by molar-refractivity contribution is 5.64. The van der Waals surface area contributed by atoms with Crippen molar-refractivity contribution in [2.75, 3.05) is 0 Å². The van der Waals surface area contributed by atoms with Crippen molar-refractivity contribution in [2.45, 2.75) is 25.7 Å². The van der Waals surface area contributed by atoms with Crippen molar-refractivity contribution in [1.82, 2.24) is 0 Å². The minimum absolute atomic E-state index is 0.563. The van der Waals surface area contributed by atoms with Gasteiger partial charge in [0.15, 0.2) is 0 Å². The van der Waals surface area contributed by atoms with E-state index >= 15 is 0 Å². The summed E-state index contributed by atoms with van der Waals surface area (Å²) in [5, 5.41) is 0. The molecule has 0 nitrogen and oxygen atoms in total. The van der Waals surface area contributed by atoms with Crippen LogP contribution in [0.1, 0.15) is 29.9 Å². The number of allylic oxidation sites excluding steroid dienone is 3. The van der Waals surface area contributed by atoms with Crippen LogP contribution >= 0.6 is 0 Å². The summed E-state index contributed by atoms with van der Waals surface area (Å²) < 4.78 is 0. The molecule has 21 heavy (non-hydrogen) atoms. The third-order valence-corrected chi connectivity index (χ3v) is 4.43. The van der Waals surface area contributed by atoms with Crippen LogP contribution in [-0.2, 0) is 0 Å². The second kappa shape index (κ2) is 6.13. The molecule has 0 saturated carbocycles. The lowest BCUT2D eigenvalue weighted by Crippen LogP contribution is -2.05. The molecule has 1 aliphatic rings. The van der Waals surface area contributed by atoms with Gasteiger partial charge < -0.3 is 0 Å². The van der Waals surface area contributed by atoms with Crippen LogP contribution in [0, 0.1) is 12.8 Å². The van der Waals surface area contributed by atoms with Crippen LogP contribution in [0.3, 0.4) is 0 Å². The molecular weight excluding hydrogens is 252 g/mol. The molecule has 0 radical (unpaired) electrons. The Hall–Kier alpha value is -2.08. The van der Waals surface area contributed by atoms with Gasteiger partial charge in [0.05, 0.1) is 0 Å². The first kappa shape index (κ1) is 13.9. The topological polar surface area (TPSA) is 0 Å². The summed E-state index contributed by atoms with van der Waals surface area (Å²) in [6, 6.07) is 17.8. The van der Waals surface area contributed by atoms with Gasteiger partial charge in [-0.2, -0.15) is 0 Å². The van der Waals surface area contributed by atoms with E-state index < -0.39 is 0 Å². The zero-order valence-electron chi connectivity index (χ0n) is 12.6. The fourth-order valence-electron chi connectivity index (χ4n) is 2.98. The maximum absolute atomic E-state index is 3.88. The Bertz CT molecular complexity index is 629. The van der Waals surface area contributed by atoms with Crippen LogP contribution in [0.5, 0.6) is 0 Å². The highest BCUT2D eigenvalue weighted by Gasteiger charge is 2.15. The molecule has 2 unspecified atom stereocenters. The van der Waals surface area contributed by atoms with Crippen LogP contribution < -0.4 is 0 Å². The minimum Gasteiger partial charge on any atom is -0.102 e. The van der Waals surface area contributed by atoms with E-state index in [4.69, 9.17) is 0 Å². The van der Waals surface area contributed by atoms with Crippen LogP contribution in [0.25, 0.3) is 11.1 Å². The second-order valence-electron chi connectivity index (χ2n) is 5.96. The number of hydrogen-bond donors (Lipinski definition) is 0. The lowest BCUT2D eigenvalue weighted by atomic mass is 9.84. The number of aryl methyl sites for hydroxylation is 1. The molecule has 1 aliphatic carbocycles. The van der Waals surface area contributed by atoms with Gasteiger partial charge in [-0.1, -0.05) is 72.3 Å². The number of hydrogen-bond acceptors (Lipinski definition) is 0. The SMILES string of the molecule is C=CC1C=CC(c2ccc(-c3ccc(C)cc3)cc2)CC1. The average Bonchev–Trinajstić information content (AvgIpc) is 2.56. The quantitative estimate of drug-likeness (QED) is 0.611. The van der Waals surface area contributed by atoms with Gasteiger partial charge in [-0.25, -0.2) is 0 Å². The smallest absolute Gasteiger partial charge is 0.00185 e. The van der Waals surface area contributed by atoms with Crippen molar-refractivity contribution >= 4 is 0 Å². The zero-order valence-corrected chi connectivity index (χ0v) is 12.6.